The Balaban J connectivity index is 1.62. The number of likely N-dealkylation sites (tertiary alicyclic amines) is 1. The Morgan fingerprint density at radius 2 is 1.80 bits per heavy atom. The number of piperidine rings is 1. The van der Waals surface area contributed by atoms with Gasteiger partial charge in [0, 0.05) is 12.5 Å². The fourth-order valence-corrected chi connectivity index (χ4v) is 2.75. The minimum absolute atomic E-state index is 0.365. The number of aliphatic hydroxyl groups is 1. The molecule has 1 aromatic rings. The van der Waals surface area contributed by atoms with E-state index in [0.717, 1.165) is 19.6 Å². The van der Waals surface area contributed by atoms with E-state index in [0.29, 0.717) is 19.1 Å². The lowest BCUT2D eigenvalue weighted by Gasteiger charge is -2.28. The van der Waals surface area contributed by atoms with Crippen LogP contribution in [0.3, 0.4) is 0 Å². The van der Waals surface area contributed by atoms with Gasteiger partial charge in [0.05, 0.1) is 19.3 Å². The zero-order valence-corrected chi connectivity index (χ0v) is 12.5. The fraction of sp³-hybridized carbons (Fsp3) is 0.647. The summed E-state index contributed by atoms with van der Waals surface area (Å²) in [6.45, 7) is 6.26. The van der Waals surface area contributed by atoms with Gasteiger partial charge in [0.25, 0.3) is 0 Å². The number of β-amino-alcohol motifs (C(OH)–C–C–N with tert-alkyl or cyclic N) is 1. The molecule has 1 fully saturated rings. The molecule has 1 heterocycles. The van der Waals surface area contributed by atoms with Gasteiger partial charge in [-0.3, -0.25) is 0 Å². The largest absolute Gasteiger partial charge is 0.389 e. The van der Waals surface area contributed by atoms with Crippen LogP contribution < -0.4 is 0 Å². The molecule has 0 saturated carbocycles. The van der Waals surface area contributed by atoms with Gasteiger partial charge in [-0.1, -0.05) is 43.7 Å². The summed E-state index contributed by atoms with van der Waals surface area (Å²) in [5.74, 6) is 0.374. The van der Waals surface area contributed by atoms with Gasteiger partial charge in [0.15, 0.2) is 0 Å². The van der Waals surface area contributed by atoms with E-state index in [9.17, 15) is 5.11 Å². The number of ether oxygens (including phenoxy) is 1. The van der Waals surface area contributed by atoms with Gasteiger partial charge in [0.1, 0.15) is 0 Å². The molecule has 0 bridgehead atoms. The standard InChI is InChI=1S/C17H27NO2/c1-15(16-8-4-2-5-9-16)13-20-14-17(19)12-18-10-6-3-7-11-18/h2,4-5,8-9,15,17,19H,3,6-7,10-14H2,1H3/t15-,17-/m0/s1. The van der Waals surface area contributed by atoms with Crippen molar-refractivity contribution in [2.24, 2.45) is 0 Å². The molecule has 2 rings (SSSR count). The normalized spacial score (nSPS) is 19.7. The molecule has 20 heavy (non-hydrogen) atoms. The van der Waals surface area contributed by atoms with E-state index in [1.165, 1.54) is 24.8 Å². The summed E-state index contributed by atoms with van der Waals surface area (Å²) in [4.78, 5) is 2.35. The van der Waals surface area contributed by atoms with Crippen LogP contribution in [0.5, 0.6) is 0 Å². The molecule has 0 amide bonds. The van der Waals surface area contributed by atoms with E-state index in [1.807, 2.05) is 6.07 Å². The van der Waals surface area contributed by atoms with Crippen LogP contribution in [0.1, 0.15) is 37.7 Å². The first-order valence-electron chi connectivity index (χ1n) is 7.79. The van der Waals surface area contributed by atoms with E-state index < -0.39 is 0 Å². The number of nitrogens with zero attached hydrogens (tertiary/aromatic N) is 1. The smallest absolute Gasteiger partial charge is 0.0900 e. The molecule has 0 spiro atoms. The molecule has 112 valence electrons. The average Bonchev–Trinajstić information content (AvgIpc) is 2.49. The third-order valence-electron chi connectivity index (χ3n) is 3.96. The number of rotatable bonds is 7. The zero-order chi connectivity index (χ0) is 14.2. The van der Waals surface area contributed by atoms with Gasteiger partial charge in [-0.05, 0) is 31.5 Å². The topological polar surface area (TPSA) is 32.7 Å². The summed E-state index contributed by atoms with van der Waals surface area (Å²) in [6, 6.07) is 10.4. The van der Waals surface area contributed by atoms with Gasteiger partial charge in [-0.15, -0.1) is 0 Å². The zero-order valence-electron chi connectivity index (χ0n) is 12.5. The van der Waals surface area contributed by atoms with Crippen molar-refractivity contribution in [3.05, 3.63) is 35.9 Å². The lowest BCUT2D eigenvalue weighted by molar-refractivity contribution is 0.0102. The molecule has 1 N–H and O–H groups in total. The Bertz CT molecular complexity index is 363. The molecule has 3 heteroatoms. The Morgan fingerprint density at radius 1 is 1.10 bits per heavy atom. The van der Waals surface area contributed by atoms with Gasteiger partial charge < -0.3 is 14.7 Å². The first-order valence-corrected chi connectivity index (χ1v) is 7.79. The third-order valence-corrected chi connectivity index (χ3v) is 3.96. The van der Waals surface area contributed by atoms with Gasteiger partial charge in [0.2, 0.25) is 0 Å². The van der Waals surface area contributed by atoms with E-state index in [-0.39, 0.29) is 6.10 Å². The highest BCUT2D eigenvalue weighted by Gasteiger charge is 2.15. The molecule has 1 saturated heterocycles. The first-order chi connectivity index (χ1) is 9.75. The molecular formula is C17H27NO2. The van der Waals surface area contributed by atoms with Crippen molar-refractivity contribution in [1.82, 2.24) is 4.90 Å². The summed E-state index contributed by atoms with van der Waals surface area (Å²) in [5, 5.41) is 10.0. The van der Waals surface area contributed by atoms with Crippen molar-refractivity contribution in [3.8, 4) is 0 Å². The quantitative estimate of drug-likeness (QED) is 0.831. The van der Waals surface area contributed by atoms with Gasteiger partial charge in [-0.25, -0.2) is 0 Å². The van der Waals surface area contributed by atoms with Crippen LogP contribution in [0.25, 0.3) is 0 Å². The molecule has 0 aliphatic carbocycles. The predicted octanol–water partition coefficient (Wildman–Crippen LogP) is 2.65. The molecule has 2 atom stereocenters. The van der Waals surface area contributed by atoms with Crippen molar-refractivity contribution in [1.29, 1.82) is 0 Å². The predicted molar refractivity (Wildman–Crippen MR) is 82.0 cm³/mol. The van der Waals surface area contributed by atoms with E-state index >= 15 is 0 Å². The number of benzene rings is 1. The van der Waals surface area contributed by atoms with Gasteiger partial charge in [-0.2, -0.15) is 0 Å². The minimum Gasteiger partial charge on any atom is -0.389 e. The van der Waals surface area contributed by atoms with E-state index in [4.69, 9.17) is 4.74 Å². The van der Waals surface area contributed by atoms with E-state index in [2.05, 4.69) is 36.1 Å². The van der Waals surface area contributed by atoms with Crippen LogP contribution in [0.4, 0.5) is 0 Å². The summed E-state index contributed by atoms with van der Waals surface area (Å²) in [7, 11) is 0. The van der Waals surface area contributed by atoms with Crippen LogP contribution in [0, 0.1) is 0 Å². The van der Waals surface area contributed by atoms with Crippen molar-refractivity contribution in [3.63, 3.8) is 0 Å². The SMILES string of the molecule is C[C@@H](COC[C@@H](O)CN1CCCCC1)c1ccccc1. The van der Waals surface area contributed by atoms with Crippen LogP contribution in [-0.4, -0.2) is 49.0 Å². The maximum Gasteiger partial charge on any atom is 0.0900 e. The molecular weight excluding hydrogens is 250 g/mol. The highest BCUT2D eigenvalue weighted by Crippen LogP contribution is 2.15. The maximum absolute atomic E-state index is 10.0. The average molecular weight is 277 g/mol. The van der Waals surface area contributed by atoms with Crippen LogP contribution in [0.2, 0.25) is 0 Å². The second-order valence-electron chi connectivity index (χ2n) is 5.86. The van der Waals surface area contributed by atoms with Crippen LogP contribution >= 0.6 is 0 Å². The number of aliphatic hydroxyl groups excluding tert-OH is 1. The van der Waals surface area contributed by atoms with Gasteiger partial charge >= 0.3 is 0 Å². The molecule has 0 radical (unpaired) electrons. The molecule has 0 unspecified atom stereocenters. The summed E-state index contributed by atoms with van der Waals surface area (Å²) < 4.78 is 5.68. The Kier molecular flexibility index (Phi) is 6.51. The summed E-state index contributed by atoms with van der Waals surface area (Å²) in [6.07, 6.45) is 3.49. The highest BCUT2D eigenvalue weighted by atomic mass is 16.5. The highest BCUT2D eigenvalue weighted by molar-refractivity contribution is 5.18. The number of hydrogen-bond donors (Lipinski definition) is 1. The lowest BCUT2D eigenvalue weighted by Crippen LogP contribution is -2.38. The summed E-state index contributed by atoms with van der Waals surface area (Å²) in [5.41, 5.74) is 1.29. The van der Waals surface area contributed by atoms with Crippen LogP contribution in [0.15, 0.2) is 30.3 Å². The van der Waals surface area contributed by atoms with Crippen molar-refractivity contribution in [2.45, 2.75) is 38.2 Å². The molecule has 3 nitrogen and oxygen atoms in total. The first kappa shape index (κ1) is 15.5. The van der Waals surface area contributed by atoms with Crippen molar-refractivity contribution < 1.29 is 9.84 Å². The Morgan fingerprint density at radius 3 is 2.50 bits per heavy atom. The Labute approximate surface area is 122 Å². The molecule has 1 aliphatic heterocycles. The Hall–Kier alpha value is -0.900. The maximum atomic E-state index is 10.0. The van der Waals surface area contributed by atoms with Crippen LogP contribution in [-0.2, 0) is 4.74 Å². The molecule has 1 aromatic carbocycles. The lowest BCUT2D eigenvalue weighted by atomic mass is 10.0. The second kappa shape index (κ2) is 8.40. The fourth-order valence-electron chi connectivity index (χ4n) is 2.75. The van der Waals surface area contributed by atoms with Crippen molar-refractivity contribution in [2.75, 3.05) is 32.8 Å². The van der Waals surface area contributed by atoms with E-state index in [1.54, 1.807) is 0 Å². The monoisotopic (exact) mass is 277 g/mol. The molecule has 0 aromatic heterocycles. The van der Waals surface area contributed by atoms with Crippen molar-refractivity contribution >= 4 is 0 Å². The number of hydrogen-bond acceptors (Lipinski definition) is 3. The second-order valence-corrected chi connectivity index (χ2v) is 5.86. The third kappa shape index (κ3) is 5.23. The summed E-state index contributed by atoms with van der Waals surface area (Å²) >= 11 is 0. The minimum atomic E-state index is -0.365. The molecule has 1 aliphatic rings.